The molecule has 1 aromatic rings. The quantitative estimate of drug-likeness (QED) is 0.480. The van der Waals surface area contributed by atoms with Crippen LogP contribution in [0.2, 0.25) is 12.1 Å². The SMILES string of the molecule is CCCC[Si](Cl)CCCc1ccccc1. The molecule has 2 heteroatoms. The van der Waals surface area contributed by atoms with Gasteiger partial charge in [-0.3, -0.25) is 0 Å². The van der Waals surface area contributed by atoms with Crippen molar-refractivity contribution in [3.05, 3.63) is 35.9 Å². The molecule has 0 saturated heterocycles. The lowest BCUT2D eigenvalue weighted by atomic mass is 10.1. The number of aryl methyl sites for hydroxylation is 1. The molecule has 0 atom stereocenters. The molecular weight excluding hydrogens is 220 g/mol. The van der Waals surface area contributed by atoms with E-state index in [4.69, 9.17) is 11.1 Å². The van der Waals surface area contributed by atoms with Gasteiger partial charge in [0.2, 0.25) is 0 Å². The number of hydrogen-bond acceptors (Lipinski definition) is 0. The summed E-state index contributed by atoms with van der Waals surface area (Å²) in [6.07, 6.45) is 5.03. The lowest BCUT2D eigenvalue weighted by molar-refractivity contribution is 0.860. The molecule has 15 heavy (non-hydrogen) atoms. The minimum absolute atomic E-state index is 0.550. The summed E-state index contributed by atoms with van der Waals surface area (Å²) in [5.41, 5.74) is 1.44. The van der Waals surface area contributed by atoms with E-state index in [2.05, 4.69) is 37.3 Å². The Balaban J connectivity index is 2.11. The summed E-state index contributed by atoms with van der Waals surface area (Å²) >= 11 is 6.33. The second-order valence-electron chi connectivity index (χ2n) is 3.96. The van der Waals surface area contributed by atoms with Crippen molar-refractivity contribution in [2.24, 2.45) is 0 Å². The van der Waals surface area contributed by atoms with Gasteiger partial charge in [0.1, 0.15) is 0 Å². The van der Waals surface area contributed by atoms with Crippen LogP contribution in [0.15, 0.2) is 30.3 Å². The fourth-order valence-electron chi connectivity index (χ4n) is 1.62. The Morgan fingerprint density at radius 2 is 1.73 bits per heavy atom. The van der Waals surface area contributed by atoms with E-state index in [0.29, 0.717) is 0 Å². The predicted octanol–water partition coefficient (Wildman–Crippen LogP) is 4.65. The fraction of sp³-hybridized carbons (Fsp3) is 0.538. The molecule has 0 heterocycles. The average molecular weight is 240 g/mol. The summed E-state index contributed by atoms with van der Waals surface area (Å²) in [4.78, 5) is 0. The highest BCUT2D eigenvalue weighted by molar-refractivity contribution is 7.06. The minimum Gasteiger partial charge on any atom is -0.169 e. The zero-order valence-corrected chi connectivity index (χ0v) is 11.3. The van der Waals surface area contributed by atoms with Crippen molar-refractivity contribution in [1.82, 2.24) is 0 Å². The Morgan fingerprint density at radius 3 is 2.40 bits per heavy atom. The Kier molecular flexibility index (Phi) is 6.78. The zero-order chi connectivity index (χ0) is 10.9. The summed E-state index contributed by atoms with van der Waals surface area (Å²) in [6.45, 7) is 2.23. The van der Waals surface area contributed by atoms with Crippen LogP contribution in [0, 0.1) is 0 Å². The minimum atomic E-state index is -0.550. The van der Waals surface area contributed by atoms with Gasteiger partial charge in [0, 0.05) is 0 Å². The number of benzene rings is 1. The third kappa shape index (κ3) is 6.01. The van der Waals surface area contributed by atoms with Crippen LogP contribution in [0.3, 0.4) is 0 Å². The van der Waals surface area contributed by atoms with Crippen molar-refractivity contribution in [1.29, 1.82) is 0 Å². The lowest BCUT2D eigenvalue weighted by Gasteiger charge is -2.05. The van der Waals surface area contributed by atoms with Gasteiger partial charge in [0.05, 0.1) is 0 Å². The predicted molar refractivity (Wildman–Crippen MR) is 70.9 cm³/mol. The monoisotopic (exact) mass is 239 g/mol. The molecule has 0 aliphatic carbocycles. The lowest BCUT2D eigenvalue weighted by Crippen LogP contribution is -2.03. The Labute approximate surface area is 100.0 Å². The highest BCUT2D eigenvalue weighted by Crippen LogP contribution is 2.14. The fourth-order valence-corrected chi connectivity index (χ4v) is 3.97. The first-order valence-electron chi connectivity index (χ1n) is 5.87. The van der Waals surface area contributed by atoms with Crippen molar-refractivity contribution in [3.63, 3.8) is 0 Å². The van der Waals surface area contributed by atoms with Crippen LogP contribution in [0.5, 0.6) is 0 Å². The van der Waals surface area contributed by atoms with Crippen LogP contribution in [0.1, 0.15) is 31.7 Å². The first-order chi connectivity index (χ1) is 7.33. The molecule has 0 spiro atoms. The molecule has 1 radical (unpaired) electrons. The zero-order valence-electron chi connectivity index (χ0n) is 9.51. The second kappa shape index (κ2) is 7.95. The highest BCUT2D eigenvalue weighted by atomic mass is 35.6. The molecule has 0 aliphatic rings. The van der Waals surface area contributed by atoms with Crippen molar-refractivity contribution in [3.8, 4) is 0 Å². The van der Waals surface area contributed by atoms with Crippen molar-refractivity contribution >= 4 is 19.2 Å². The first-order valence-corrected chi connectivity index (χ1v) is 8.79. The molecule has 1 rings (SSSR count). The van der Waals surface area contributed by atoms with E-state index in [-0.39, 0.29) is 0 Å². The first kappa shape index (κ1) is 12.8. The molecule has 0 aromatic heterocycles. The summed E-state index contributed by atoms with van der Waals surface area (Å²) in [5.74, 6) is 0. The van der Waals surface area contributed by atoms with Crippen molar-refractivity contribution in [2.75, 3.05) is 0 Å². The van der Waals surface area contributed by atoms with E-state index < -0.39 is 8.11 Å². The molecule has 0 unspecified atom stereocenters. The Bertz CT molecular complexity index is 248. The van der Waals surface area contributed by atoms with Crippen LogP contribution in [-0.2, 0) is 6.42 Å². The van der Waals surface area contributed by atoms with Gasteiger partial charge < -0.3 is 0 Å². The van der Waals surface area contributed by atoms with E-state index in [9.17, 15) is 0 Å². The van der Waals surface area contributed by atoms with E-state index in [1.165, 1.54) is 43.3 Å². The summed E-state index contributed by atoms with van der Waals surface area (Å²) in [6, 6.07) is 13.2. The van der Waals surface area contributed by atoms with Gasteiger partial charge in [-0.15, -0.1) is 0 Å². The Hall–Kier alpha value is -0.273. The second-order valence-corrected chi connectivity index (χ2v) is 7.60. The normalized spacial score (nSPS) is 10.9. The number of halogens is 1. The molecule has 0 saturated carbocycles. The Morgan fingerprint density at radius 1 is 1.07 bits per heavy atom. The molecule has 1 aromatic carbocycles. The van der Waals surface area contributed by atoms with Gasteiger partial charge in [0.25, 0.3) is 0 Å². The summed E-state index contributed by atoms with van der Waals surface area (Å²) < 4.78 is 0. The smallest absolute Gasteiger partial charge is 0.165 e. The number of unbranched alkanes of at least 4 members (excludes halogenated alkanes) is 1. The third-order valence-electron chi connectivity index (χ3n) is 2.56. The maximum atomic E-state index is 6.33. The highest BCUT2D eigenvalue weighted by Gasteiger charge is 2.06. The molecule has 0 bridgehead atoms. The van der Waals surface area contributed by atoms with Crippen LogP contribution in [0.25, 0.3) is 0 Å². The van der Waals surface area contributed by atoms with E-state index in [0.717, 1.165) is 0 Å². The molecule has 0 nitrogen and oxygen atoms in total. The topological polar surface area (TPSA) is 0 Å². The van der Waals surface area contributed by atoms with Gasteiger partial charge in [-0.05, 0) is 24.1 Å². The maximum absolute atomic E-state index is 6.33. The van der Waals surface area contributed by atoms with Crippen molar-refractivity contribution in [2.45, 2.75) is 44.7 Å². The van der Waals surface area contributed by atoms with Crippen LogP contribution in [0.4, 0.5) is 0 Å². The van der Waals surface area contributed by atoms with E-state index in [1.54, 1.807) is 0 Å². The van der Waals surface area contributed by atoms with Crippen LogP contribution < -0.4 is 0 Å². The van der Waals surface area contributed by atoms with E-state index in [1.807, 2.05) is 0 Å². The summed E-state index contributed by atoms with van der Waals surface area (Å²) in [7, 11) is -0.550. The molecule has 83 valence electrons. The standard InChI is InChI=1S/C13H20ClSi/c1-2-3-11-15(14)12-7-10-13-8-5-4-6-9-13/h4-6,8-9H,2-3,7,10-12H2,1H3. The maximum Gasteiger partial charge on any atom is 0.165 e. The van der Waals surface area contributed by atoms with Gasteiger partial charge in [0.15, 0.2) is 8.11 Å². The van der Waals surface area contributed by atoms with Crippen LogP contribution in [-0.4, -0.2) is 8.11 Å². The largest absolute Gasteiger partial charge is 0.169 e. The molecular formula is C13H20ClSi. The third-order valence-corrected chi connectivity index (χ3v) is 5.48. The average Bonchev–Trinajstić information content (AvgIpc) is 2.28. The van der Waals surface area contributed by atoms with Gasteiger partial charge in [-0.2, -0.15) is 11.1 Å². The van der Waals surface area contributed by atoms with Gasteiger partial charge >= 0.3 is 0 Å². The van der Waals surface area contributed by atoms with E-state index >= 15 is 0 Å². The number of hydrogen-bond donors (Lipinski definition) is 0. The molecule has 0 fully saturated rings. The van der Waals surface area contributed by atoms with Crippen LogP contribution >= 0.6 is 11.1 Å². The van der Waals surface area contributed by atoms with Gasteiger partial charge in [-0.1, -0.05) is 56.5 Å². The van der Waals surface area contributed by atoms with Gasteiger partial charge in [-0.25, -0.2) is 0 Å². The number of rotatable bonds is 7. The summed E-state index contributed by atoms with van der Waals surface area (Å²) in [5, 5.41) is 0. The molecule has 0 N–H and O–H groups in total. The molecule has 0 aliphatic heterocycles. The molecule has 0 amide bonds. The van der Waals surface area contributed by atoms with Crippen molar-refractivity contribution < 1.29 is 0 Å².